The molecule has 0 heterocycles. The molecular weight excluding hydrogens is 430 g/mol. The lowest BCUT2D eigenvalue weighted by Crippen LogP contribution is -2.35. The van der Waals surface area contributed by atoms with Crippen molar-refractivity contribution in [2.24, 2.45) is 5.41 Å². The Labute approximate surface area is 188 Å². The summed E-state index contributed by atoms with van der Waals surface area (Å²) in [5.41, 5.74) is 0.136. The second-order valence-corrected chi connectivity index (χ2v) is 10.4. The Morgan fingerprint density at radius 1 is 0.906 bits per heavy atom. The second-order valence-electron chi connectivity index (χ2n) is 8.66. The van der Waals surface area contributed by atoms with Gasteiger partial charge in [-0.2, -0.15) is 0 Å². The van der Waals surface area contributed by atoms with Gasteiger partial charge < -0.3 is 10.6 Å². The molecule has 0 aliphatic carbocycles. The number of ketones is 1. The maximum Gasteiger partial charge on any atom is 0.255 e. The first-order chi connectivity index (χ1) is 14.8. The number of carbonyl (C=O) groups excluding carboxylic acids is 3. The lowest BCUT2D eigenvalue weighted by atomic mass is 9.91. The molecule has 172 valence electrons. The molecule has 0 radical (unpaired) electrons. The number of anilines is 1. The quantitative estimate of drug-likeness (QED) is 0.560. The predicted molar refractivity (Wildman–Crippen MR) is 123 cm³/mol. The Bertz CT molecular complexity index is 1100. The van der Waals surface area contributed by atoms with Gasteiger partial charge in [-0.05, 0) is 50.2 Å². The van der Waals surface area contributed by atoms with Crippen molar-refractivity contribution in [3.05, 3.63) is 59.7 Å². The third-order valence-electron chi connectivity index (χ3n) is 4.48. The first kappa shape index (κ1) is 25.2. The van der Waals surface area contributed by atoms with Gasteiger partial charge in [0, 0.05) is 17.0 Å². The van der Waals surface area contributed by atoms with E-state index in [0.717, 1.165) is 0 Å². The summed E-state index contributed by atoms with van der Waals surface area (Å²) in [5.74, 6) is -1.11. The zero-order valence-electron chi connectivity index (χ0n) is 18.9. The molecule has 0 unspecified atom stereocenters. The highest BCUT2D eigenvalue weighted by atomic mass is 32.2. The van der Waals surface area contributed by atoms with Gasteiger partial charge in [-0.25, -0.2) is 13.1 Å². The van der Waals surface area contributed by atoms with Crippen molar-refractivity contribution in [3.8, 4) is 0 Å². The van der Waals surface area contributed by atoms with Crippen molar-refractivity contribution in [2.75, 3.05) is 11.9 Å². The lowest BCUT2D eigenvalue weighted by Gasteiger charge is -2.17. The van der Waals surface area contributed by atoms with Gasteiger partial charge in [0.1, 0.15) is 0 Å². The summed E-state index contributed by atoms with van der Waals surface area (Å²) in [7, 11) is -3.67. The van der Waals surface area contributed by atoms with Gasteiger partial charge in [-0.1, -0.05) is 32.9 Å². The molecule has 0 fully saturated rings. The monoisotopic (exact) mass is 459 g/mol. The van der Waals surface area contributed by atoms with E-state index in [4.69, 9.17) is 0 Å². The van der Waals surface area contributed by atoms with Crippen LogP contribution in [0.4, 0.5) is 5.69 Å². The van der Waals surface area contributed by atoms with E-state index >= 15 is 0 Å². The summed E-state index contributed by atoms with van der Waals surface area (Å²) < 4.78 is 26.9. The zero-order chi connectivity index (χ0) is 24.1. The van der Waals surface area contributed by atoms with Crippen molar-refractivity contribution in [3.63, 3.8) is 0 Å². The third-order valence-corrected chi connectivity index (χ3v) is 6.16. The van der Waals surface area contributed by atoms with E-state index in [1.54, 1.807) is 58.9 Å². The first-order valence-corrected chi connectivity index (χ1v) is 11.6. The predicted octanol–water partition coefficient (Wildman–Crippen LogP) is 2.97. The molecule has 2 aromatic carbocycles. The number of nitrogens with one attached hydrogen (secondary N) is 3. The summed E-state index contributed by atoms with van der Waals surface area (Å²) in [6.07, 6.45) is 0. The minimum Gasteiger partial charge on any atom is -0.345 e. The van der Waals surface area contributed by atoms with Crippen LogP contribution in [0.5, 0.6) is 0 Å². The molecule has 0 spiro atoms. The van der Waals surface area contributed by atoms with Crippen LogP contribution in [0.2, 0.25) is 0 Å². The Morgan fingerprint density at radius 3 is 2.06 bits per heavy atom. The molecule has 0 saturated heterocycles. The fourth-order valence-electron chi connectivity index (χ4n) is 2.67. The fourth-order valence-corrected chi connectivity index (χ4v) is 3.92. The molecular formula is C23H29N3O5S. The van der Waals surface area contributed by atoms with E-state index in [1.807, 2.05) is 0 Å². The van der Waals surface area contributed by atoms with Gasteiger partial charge in [0.15, 0.2) is 5.78 Å². The molecule has 0 aromatic heterocycles. The van der Waals surface area contributed by atoms with E-state index in [1.165, 1.54) is 24.3 Å². The van der Waals surface area contributed by atoms with E-state index in [-0.39, 0.29) is 40.1 Å². The Hall–Kier alpha value is -3.04. The number of amides is 2. The SMILES string of the molecule is CC(C)NS(=O)(=O)c1ccc(C(=O)Nc2ccccc2C(=O)NCC(=O)C(C)(C)C)cc1. The number of hydrogen-bond acceptors (Lipinski definition) is 5. The minimum atomic E-state index is -3.67. The Morgan fingerprint density at radius 2 is 1.50 bits per heavy atom. The van der Waals surface area contributed by atoms with Crippen molar-refractivity contribution < 1.29 is 22.8 Å². The molecule has 9 heteroatoms. The summed E-state index contributed by atoms with van der Waals surface area (Å²) >= 11 is 0. The van der Waals surface area contributed by atoms with Gasteiger partial charge in [0.25, 0.3) is 11.8 Å². The molecule has 32 heavy (non-hydrogen) atoms. The van der Waals surface area contributed by atoms with Crippen molar-refractivity contribution >= 4 is 33.3 Å². The highest BCUT2D eigenvalue weighted by molar-refractivity contribution is 7.89. The van der Waals surface area contributed by atoms with Gasteiger partial charge in [-0.15, -0.1) is 0 Å². The number of benzene rings is 2. The van der Waals surface area contributed by atoms with Gasteiger partial charge in [0.2, 0.25) is 10.0 Å². The normalized spacial score (nSPS) is 11.8. The van der Waals surface area contributed by atoms with Crippen LogP contribution >= 0.6 is 0 Å². The molecule has 2 rings (SSSR count). The van der Waals surface area contributed by atoms with Gasteiger partial charge in [-0.3, -0.25) is 14.4 Å². The standard InChI is InChI=1S/C23H29N3O5S/c1-15(2)26-32(30,31)17-12-10-16(11-13-17)21(28)25-19-9-7-6-8-18(19)22(29)24-14-20(27)23(3,4)5/h6-13,15,26H,14H2,1-5H3,(H,24,29)(H,25,28). The summed E-state index contributed by atoms with van der Waals surface area (Å²) in [4.78, 5) is 37.4. The van der Waals surface area contributed by atoms with Crippen molar-refractivity contribution in [1.82, 2.24) is 10.0 Å². The summed E-state index contributed by atoms with van der Waals surface area (Å²) in [6, 6.07) is 11.7. The number of rotatable bonds is 8. The third kappa shape index (κ3) is 6.73. The summed E-state index contributed by atoms with van der Waals surface area (Å²) in [5, 5.41) is 5.25. The molecule has 8 nitrogen and oxygen atoms in total. The van der Waals surface area contributed by atoms with Crippen LogP contribution in [0.1, 0.15) is 55.3 Å². The average Bonchev–Trinajstić information content (AvgIpc) is 2.70. The van der Waals surface area contributed by atoms with Gasteiger partial charge in [0.05, 0.1) is 22.7 Å². The number of hydrogen-bond donors (Lipinski definition) is 3. The van der Waals surface area contributed by atoms with E-state index in [0.29, 0.717) is 0 Å². The maximum absolute atomic E-state index is 12.7. The molecule has 2 aromatic rings. The van der Waals surface area contributed by atoms with Crippen LogP contribution in [0, 0.1) is 5.41 Å². The van der Waals surface area contributed by atoms with Crippen molar-refractivity contribution in [2.45, 2.75) is 45.6 Å². The minimum absolute atomic E-state index is 0.0473. The molecule has 2 amide bonds. The fraction of sp³-hybridized carbons (Fsp3) is 0.348. The van der Waals surface area contributed by atoms with E-state index in [9.17, 15) is 22.8 Å². The van der Waals surface area contributed by atoms with Crippen LogP contribution in [-0.4, -0.2) is 38.6 Å². The van der Waals surface area contributed by atoms with Crippen LogP contribution in [0.3, 0.4) is 0 Å². The van der Waals surface area contributed by atoms with E-state index < -0.39 is 27.3 Å². The van der Waals surface area contributed by atoms with E-state index in [2.05, 4.69) is 15.4 Å². The van der Waals surface area contributed by atoms with Crippen LogP contribution in [0.25, 0.3) is 0 Å². The molecule has 0 bridgehead atoms. The summed E-state index contributed by atoms with van der Waals surface area (Å²) in [6.45, 7) is 8.62. The Kier molecular flexibility index (Phi) is 7.92. The maximum atomic E-state index is 12.7. The smallest absolute Gasteiger partial charge is 0.255 e. The first-order valence-electron chi connectivity index (χ1n) is 10.2. The lowest BCUT2D eigenvalue weighted by molar-refractivity contribution is -0.125. The molecule has 0 aliphatic heterocycles. The highest BCUT2D eigenvalue weighted by Gasteiger charge is 2.22. The Balaban J connectivity index is 2.14. The molecule has 0 atom stereocenters. The van der Waals surface area contributed by atoms with Gasteiger partial charge >= 0.3 is 0 Å². The largest absolute Gasteiger partial charge is 0.345 e. The topological polar surface area (TPSA) is 121 Å². The number of Topliss-reactive ketones (excluding diaryl/α,β-unsaturated/α-hetero) is 1. The van der Waals surface area contributed by atoms with Crippen molar-refractivity contribution in [1.29, 1.82) is 0 Å². The van der Waals surface area contributed by atoms with Crippen LogP contribution in [0.15, 0.2) is 53.4 Å². The average molecular weight is 460 g/mol. The zero-order valence-corrected chi connectivity index (χ0v) is 19.7. The number of para-hydroxylation sites is 1. The second kappa shape index (κ2) is 10.1. The number of sulfonamides is 1. The molecule has 0 saturated carbocycles. The number of carbonyl (C=O) groups is 3. The molecule has 0 aliphatic rings. The highest BCUT2D eigenvalue weighted by Crippen LogP contribution is 2.18. The van der Waals surface area contributed by atoms with Crippen LogP contribution < -0.4 is 15.4 Å². The molecule has 3 N–H and O–H groups in total. The van der Waals surface area contributed by atoms with Crippen LogP contribution in [-0.2, 0) is 14.8 Å².